The zero-order valence-electron chi connectivity index (χ0n) is 9.03. The second-order valence-electron chi connectivity index (χ2n) is 3.42. The first-order valence-corrected chi connectivity index (χ1v) is 6.40. The van der Waals surface area contributed by atoms with Crippen molar-refractivity contribution in [2.45, 2.75) is 13.5 Å². The maximum atomic E-state index is 5.85. The van der Waals surface area contributed by atoms with Gasteiger partial charge in [0.15, 0.2) is 0 Å². The summed E-state index contributed by atoms with van der Waals surface area (Å²) in [5.41, 5.74) is 1.12. The standard InChI is InChI=1S/C12H13ClN2S/c1-2-14-7-11-8-15-12(16-11)9-3-5-10(13)6-4-9/h3-6,8,14H,2,7H2,1H3. The number of hydrogen-bond donors (Lipinski definition) is 1. The van der Waals surface area contributed by atoms with Gasteiger partial charge >= 0.3 is 0 Å². The SMILES string of the molecule is CCNCc1cnc(-c2ccc(Cl)cc2)s1. The summed E-state index contributed by atoms with van der Waals surface area (Å²) in [5, 5.41) is 5.09. The van der Waals surface area contributed by atoms with E-state index in [2.05, 4.69) is 17.2 Å². The molecule has 0 aliphatic rings. The van der Waals surface area contributed by atoms with Crippen LogP contribution in [0.4, 0.5) is 0 Å². The molecule has 1 aromatic heterocycles. The Balaban J connectivity index is 2.15. The molecule has 0 amide bonds. The van der Waals surface area contributed by atoms with Gasteiger partial charge in [0.1, 0.15) is 5.01 Å². The number of rotatable bonds is 4. The van der Waals surface area contributed by atoms with Crippen molar-refractivity contribution < 1.29 is 0 Å². The maximum absolute atomic E-state index is 5.85. The van der Waals surface area contributed by atoms with Crippen LogP contribution in [0.15, 0.2) is 30.5 Å². The lowest BCUT2D eigenvalue weighted by molar-refractivity contribution is 0.734. The van der Waals surface area contributed by atoms with Gasteiger partial charge in [0.25, 0.3) is 0 Å². The molecule has 0 atom stereocenters. The predicted molar refractivity (Wildman–Crippen MR) is 69.9 cm³/mol. The number of aromatic nitrogens is 1. The van der Waals surface area contributed by atoms with Gasteiger partial charge < -0.3 is 5.32 Å². The number of thiazole rings is 1. The molecule has 0 spiro atoms. The van der Waals surface area contributed by atoms with Crippen molar-refractivity contribution in [3.05, 3.63) is 40.4 Å². The van der Waals surface area contributed by atoms with Crippen molar-refractivity contribution in [3.63, 3.8) is 0 Å². The molecule has 0 radical (unpaired) electrons. The number of benzene rings is 1. The normalized spacial score (nSPS) is 10.6. The molecule has 0 fully saturated rings. The highest BCUT2D eigenvalue weighted by atomic mass is 35.5. The largest absolute Gasteiger partial charge is 0.312 e. The third-order valence-corrected chi connectivity index (χ3v) is 3.49. The molecule has 0 bridgehead atoms. The van der Waals surface area contributed by atoms with Crippen LogP contribution in [-0.2, 0) is 6.54 Å². The Morgan fingerprint density at radius 2 is 2.06 bits per heavy atom. The molecule has 0 unspecified atom stereocenters. The first-order valence-electron chi connectivity index (χ1n) is 5.21. The molecule has 84 valence electrons. The topological polar surface area (TPSA) is 24.9 Å². The maximum Gasteiger partial charge on any atom is 0.123 e. The van der Waals surface area contributed by atoms with Crippen molar-refractivity contribution >= 4 is 22.9 Å². The fourth-order valence-electron chi connectivity index (χ4n) is 1.36. The number of nitrogens with zero attached hydrogens (tertiary/aromatic N) is 1. The molecular formula is C12H13ClN2S. The van der Waals surface area contributed by atoms with E-state index in [0.717, 1.165) is 28.7 Å². The van der Waals surface area contributed by atoms with E-state index in [9.17, 15) is 0 Å². The molecule has 0 saturated carbocycles. The first-order chi connectivity index (χ1) is 7.79. The van der Waals surface area contributed by atoms with Crippen LogP contribution in [0.2, 0.25) is 5.02 Å². The Kier molecular flexibility index (Phi) is 3.93. The van der Waals surface area contributed by atoms with Crippen LogP contribution >= 0.6 is 22.9 Å². The summed E-state index contributed by atoms with van der Waals surface area (Å²) in [6.45, 7) is 3.97. The highest BCUT2D eigenvalue weighted by Gasteiger charge is 2.03. The predicted octanol–water partition coefficient (Wildman–Crippen LogP) is 3.57. The van der Waals surface area contributed by atoms with E-state index in [-0.39, 0.29) is 0 Å². The van der Waals surface area contributed by atoms with Crippen LogP contribution in [0.1, 0.15) is 11.8 Å². The second-order valence-corrected chi connectivity index (χ2v) is 4.97. The minimum atomic E-state index is 0.758. The Bertz CT molecular complexity index is 450. The molecule has 0 aliphatic carbocycles. The summed E-state index contributed by atoms with van der Waals surface area (Å²) < 4.78 is 0. The van der Waals surface area contributed by atoms with E-state index in [1.165, 1.54) is 4.88 Å². The van der Waals surface area contributed by atoms with Gasteiger partial charge in [-0.2, -0.15) is 0 Å². The summed E-state index contributed by atoms with van der Waals surface area (Å²) in [4.78, 5) is 5.66. The molecule has 1 heterocycles. The Morgan fingerprint density at radius 3 is 2.75 bits per heavy atom. The molecule has 16 heavy (non-hydrogen) atoms. The van der Waals surface area contributed by atoms with Gasteiger partial charge in [-0.3, -0.25) is 0 Å². The molecule has 1 N–H and O–H groups in total. The lowest BCUT2D eigenvalue weighted by Crippen LogP contribution is -2.10. The van der Waals surface area contributed by atoms with Gasteiger partial charge in [-0.05, 0) is 18.7 Å². The van der Waals surface area contributed by atoms with Gasteiger partial charge in [-0.15, -0.1) is 11.3 Å². The van der Waals surface area contributed by atoms with Gasteiger partial charge in [0.05, 0.1) is 0 Å². The Hall–Kier alpha value is -0.900. The molecule has 0 saturated heterocycles. The number of halogens is 1. The third kappa shape index (κ3) is 2.82. The average molecular weight is 253 g/mol. The third-order valence-electron chi connectivity index (χ3n) is 2.19. The minimum Gasteiger partial charge on any atom is -0.312 e. The lowest BCUT2D eigenvalue weighted by Gasteiger charge is -1.96. The van der Waals surface area contributed by atoms with Crippen LogP contribution in [-0.4, -0.2) is 11.5 Å². The lowest BCUT2D eigenvalue weighted by atomic mass is 10.2. The molecule has 2 aromatic rings. The summed E-state index contributed by atoms with van der Waals surface area (Å²) in [6.07, 6.45) is 1.93. The molecule has 1 aromatic carbocycles. The van der Waals surface area contributed by atoms with Crippen molar-refractivity contribution in [1.29, 1.82) is 0 Å². The van der Waals surface area contributed by atoms with Crippen LogP contribution in [0.5, 0.6) is 0 Å². The highest BCUT2D eigenvalue weighted by Crippen LogP contribution is 2.26. The van der Waals surface area contributed by atoms with E-state index in [0.29, 0.717) is 0 Å². The van der Waals surface area contributed by atoms with Crippen molar-refractivity contribution in [2.75, 3.05) is 6.54 Å². The van der Waals surface area contributed by atoms with Crippen LogP contribution in [0.3, 0.4) is 0 Å². The smallest absolute Gasteiger partial charge is 0.123 e. The fraction of sp³-hybridized carbons (Fsp3) is 0.250. The summed E-state index contributed by atoms with van der Waals surface area (Å²) in [5.74, 6) is 0. The minimum absolute atomic E-state index is 0.758. The second kappa shape index (κ2) is 5.43. The summed E-state index contributed by atoms with van der Waals surface area (Å²) in [6, 6.07) is 7.78. The zero-order chi connectivity index (χ0) is 11.4. The van der Waals surface area contributed by atoms with E-state index < -0.39 is 0 Å². The molecule has 2 rings (SSSR count). The molecular weight excluding hydrogens is 240 g/mol. The van der Waals surface area contributed by atoms with E-state index in [1.54, 1.807) is 11.3 Å². The molecule has 4 heteroatoms. The van der Waals surface area contributed by atoms with Crippen LogP contribution < -0.4 is 5.32 Å². The quantitative estimate of drug-likeness (QED) is 0.900. The number of nitrogens with one attached hydrogen (secondary N) is 1. The summed E-state index contributed by atoms with van der Waals surface area (Å²) >= 11 is 7.56. The molecule has 2 nitrogen and oxygen atoms in total. The zero-order valence-corrected chi connectivity index (χ0v) is 10.6. The summed E-state index contributed by atoms with van der Waals surface area (Å²) in [7, 11) is 0. The van der Waals surface area contributed by atoms with Crippen molar-refractivity contribution in [3.8, 4) is 10.6 Å². The van der Waals surface area contributed by atoms with E-state index in [1.807, 2.05) is 30.5 Å². The van der Waals surface area contributed by atoms with E-state index >= 15 is 0 Å². The van der Waals surface area contributed by atoms with Crippen LogP contribution in [0.25, 0.3) is 10.6 Å². The van der Waals surface area contributed by atoms with Gasteiger partial charge in [-0.25, -0.2) is 4.98 Å². The van der Waals surface area contributed by atoms with Crippen LogP contribution in [0, 0.1) is 0 Å². The Labute approximate surface area is 104 Å². The monoisotopic (exact) mass is 252 g/mol. The first kappa shape index (κ1) is 11.6. The molecule has 0 aliphatic heterocycles. The van der Waals surface area contributed by atoms with Gasteiger partial charge in [0, 0.05) is 28.2 Å². The van der Waals surface area contributed by atoms with Gasteiger partial charge in [-0.1, -0.05) is 30.7 Å². The van der Waals surface area contributed by atoms with Crippen molar-refractivity contribution in [2.24, 2.45) is 0 Å². The van der Waals surface area contributed by atoms with Gasteiger partial charge in [0.2, 0.25) is 0 Å². The Morgan fingerprint density at radius 1 is 1.31 bits per heavy atom. The highest BCUT2D eigenvalue weighted by molar-refractivity contribution is 7.15. The van der Waals surface area contributed by atoms with Crippen molar-refractivity contribution in [1.82, 2.24) is 10.3 Å². The van der Waals surface area contributed by atoms with E-state index in [4.69, 9.17) is 11.6 Å². The average Bonchev–Trinajstić information content (AvgIpc) is 2.76. The number of hydrogen-bond acceptors (Lipinski definition) is 3. The fourth-order valence-corrected chi connectivity index (χ4v) is 2.38.